The van der Waals surface area contributed by atoms with Crippen LogP contribution in [0.15, 0.2) is 30.3 Å². The van der Waals surface area contributed by atoms with E-state index in [1.807, 2.05) is 18.2 Å². The van der Waals surface area contributed by atoms with Gasteiger partial charge in [-0.3, -0.25) is 0 Å². The van der Waals surface area contributed by atoms with Gasteiger partial charge in [-0.2, -0.15) is 0 Å². The number of hydrogen-bond donors (Lipinski definition) is 2. The molecular weight excluding hydrogens is 272 g/mol. The van der Waals surface area contributed by atoms with Gasteiger partial charge in [-0.1, -0.05) is 37.3 Å². The average Bonchev–Trinajstić information content (AvgIpc) is 2.49. The number of rotatable bonds is 6. The fraction of sp³-hybridized carbons (Fsp3) is 0.600. The summed E-state index contributed by atoms with van der Waals surface area (Å²) in [7, 11) is -3.17. The third kappa shape index (κ3) is 4.30. The molecular formula is C15H24N2O2S. The zero-order valence-electron chi connectivity index (χ0n) is 12.0. The van der Waals surface area contributed by atoms with E-state index in [0.29, 0.717) is 19.0 Å². The van der Waals surface area contributed by atoms with Crippen molar-refractivity contribution in [2.75, 3.05) is 19.6 Å². The lowest BCUT2D eigenvalue weighted by atomic mass is 9.98. The van der Waals surface area contributed by atoms with Crippen LogP contribution in [0.2, 0.25) is 0 Å². The highest BCUT2D eigenvalue weighted by atomic mass is 32.2. The number of nitrogens with one attached hydrogen (secondary N) is 2. The van der Waals surface area contributed by atoms with Gasteiger partial charge < -0.3 is 5.32 Å². The van der Waals surface area contributed by atoms with Crippen LogP contribution in [0.25, 0.3) is 0 Å². The maximum atomic E-state index is 12.2. The first-order valence-corrected chi connectivity index (χ1v) is 8.88. The molecule has 0 saturated carbocycles. The first-order valence-electron chi connectivity index (χ1n) is 7.34. The minimum atomic E-state index is -3.17. The van der Waals surface area contributed by atoms with Crippen molar-refractivity contribution in [2.24, 2.45) is 0 Å². The minimum Gasteiger partial charge on any atom is -0.315 e. The summed E-state index contributed by atoms with van der Waals surface area (Å²) in [5.41, 5.74) is 1.26. The van der Waals surface area contributed by atoms with Gasteiger partial charge in [-0.25, -0.2) is 13.1 Å². The van der Waals surface area contributed by atoms with Gasteiger partial charge in [0.2, 0.25) is 10.0 Å². The van der Waals surface area contributed by atoms with Crippen molar-refractivity contribution >= 4 is 10.0 Å². The second kappa shape index (κ2) is 7.20. The van der Waals surface area contributed by atoms with Gasteiger partial charge in [-0.05, 0) is 37.3 Å². The Bertz CT molecular complexity index is 496. The van der Waals surface area contributed by atoms with Crippen molar-refractivity contribution in [3.05, 3.63) is 35.9 Å². The van der Waals surface area contributed by atoms with Gasteiger partial charge in [-0.15, -0.1) is 0 Å². The van der Waals surface area contributed by atoms with Gasteiger partial charge in [0.1, 0.15) is 0 Å². The molecule has 0 amide bonds. The summed E-state index contributed by atoms with van der Waals surface area (Å²) in [5.74, 6) is 0.364. The van der Waals surface area contributed by atoms with E-state index in [2.05, 4.69) is 29.1 Å². The summed E-state index contributed by atoms with van der Waals surface area (Å²) >= 11 is 0. The van der Waals surface area contributed by atoms with Crippen molar-refractivity contribution < 1.29 is 8.42 Å². The van der Waals surface area contributed by atoms with Crippen LogP contribution in [-0.4, -0.2) is 33.3 Å². The second-order valence-electron chi connectivity index (χ2n) is 5.51. The first kappa shape index (κ1) is 15.5. The molecule has 0 aliphatic carbocycles. The van der Waals surface area contributed by atoms with E-state index < -0.39 is 10.0 Å². The number of piperidine rings is 1. The Morgan fingerprint density at radius 1 is 1.35 bits per heavy atom. The second-order valence-corrected chi connectivity index (χ2v) is 7.55. The third-order valence-corrected chi connectivity index (χ3v) is 5.83. The van der Waals surface area contributed by atoms with Gasteiger partial charge in [0.05, 0.1) is 5.25 Å². The largest absolute Gasteiger partial charge is 0.315 e. The Labute approximate surface area is 122 Å². The van der Waals surface area contributed by atoms with Crippen molar-refractivity contribution in [1.82, 2.24) is 10.0 Å². The number of benzene rings is 1. The minimum absolute atomic E-state index is 0.275. The van der Waals surface area contributed by atoms with Crippen LogP contribution in [0.3, 0.4) is 0 Å². The molecule has 2 unspecified atom stereocenters. The molecule has 112 valence electrons. The molecule has 0 spiro atoms. The molecule has 0 aromatic heterocycles. The van der Waals surface area contributed by atoms with E-state index in [9.17, 15) is 8.42 Å². The molecule has 2 N–H and O–H groups in total. The van der Waals surface area contributed by atoms with Gasteiger partial charge in [0.25, 0.3) is 0 Å². The molecule has 20 heavy (non-hydrogen) atoms. The molecule has 1 heterocycles. The predicted molar refractivity (Wildman–Crippen MR) is 82.3 cm³/mol. The van der Waals surface area contributed by atoms with Crippen molar-refractivity contribution in [3.8, 4) is 0 Å². The van der Waals surface area contributed by atoms with E-state index in [0.717, 1.165) is 25.8 Å². The summed E-state index contributed by atoms with van der Waals surface area (Å²) in [6.45, 7) is 4.14. The fourth-order valence-corrected chi connectivity index (χ4v) is 4.02. The Kier molecular flexibility index (Phi) is 5.57. The normalized spacial score (nSPS) is 21.6. The van der Waals surface area contributed by atoms with E-state index in [1.165, 1.54) is 5.56 Å². The van der Waals surface area contributed by atoms with Gasteiger partial charge in [0, 0.05) is 13.1 Å². The van der Waals surface area contributed by atoms with Crippen molar-refractivity contribution in [1.29, 1.82) is 0 Å². The molecule has 1 aliphatic heterocycles. The standard InChI is InChI=1S/C15H24N2O2S/c1-13(14-6-3-2-4-7-14)9-11-17-20(18,19)15-8-5-10-16-12-15/h2-4,6-7,13,15-17H,5,8-12H2,1H3. The zero-order valence-corrected chi connectivity index (χ0v) is 12.8. The van der Waals surface area contributed by atoms with Gasteiger partial charge in [0.15, 0.2) is 0 Å². The molecule has 1 aromatic rings. The quantitative estimate of drug-likeness (QED) is 0.842. The lowest BCUT2D eigenvalue weighted by Crippen LogP contribution is -2.44. The zero-order chi connectivity index (χ0) is 14.4. The molecule has 2 atom stereocenters. The maximum absolute atomic E-state index is 12.2. The van der Waals surface area contributed by atoms with Crippen molar-refractivity contribution in [3.63, 3.8) is 0 Å². The summed E-state index contributed by atoms with van der Waals surface area (Å²) in [5, 5.41) is 2.87. The SMILES string of the molecule is CC(CCNS(=O)(=O)C1CCCNC1)c1ccccc1. The van der Waals surface area contributed by atoms with E-state index in [1.54, 1.807) is 0 Å². The summed E-state index contributed by atoms with van der Waals surface area (Å²) in [6, 6.07) is 10.2. The molecule has 1 aliphatic rings. The van der Waals surface area contributed by atoms with E-state index >= 15 is 0 Å². The molecule has 5 heteroatoms. The summed E-state index contributed by atoms with van der Waals surface area (Å²) in [6.07, 6.45) is 2.52. The van der Waals surface area contributed by atoms with Crippen molar-refractivity contribution in [2.45, 2.75) is 37.4 Å². The lowest BCUT2D eigenvalue weighted by molar-refractivity contribution is 0.488. The Balaban J connectivity index is 1.80. The van der Waals surface area contributed by atoms with Crippen LogP contribution in [0, 0.1) is 0 Å². The highest BCUT2D eigenvalue weighted by Crippen LogP contribution is 2.18. The Morgan fingerprint density at radius 2 is 2.10 bits per heavy atom. The average molecular weight is 296 g/mol. The third-order valence-electron chi connectivity index (χ3n) is 3.94. The van der Waals surface area contributed by atoms with Crippen LogP contribution in [0.5, 0.6) is 0 Å². The number of sulfonamides is 1. The highest BCUT2D eigenvalue weighted by Gasteiger charge is 2.26. The molecule has 1 saturated heterocycles. The maximum Gasteiger partial charge on any atom is 0.215 e. The predicted octanol–water partition coefficient (Wildman–Crippen LogP) is 1.85. The molecule has 1 fully saturated rings. The molecule has 4 nitrogen and oxygen atoms in total. The monoisotopic (exact) mass is 296 g/mol. The van der Waals surface area contributed by atoms with E-state index in [-0.39, 0.29) is 5.25 Å². The van der Waals surface area contributed by atoms with E-state index in [4.69, 9.17) is 0 Å². The lowest BCUT2D eigenvalue weighted by Gasteiger charge is -2.23. The topological polar surface area (TPSA) is 58.2 Å². The Hall–Kier alpha value is -0.910. The van der Waals surface area contributed by atoms with Gasteiger partial charge >= 0.3 is 0 Å². The van der Waals surface area contributed by atoms with Crippen LogP contribution in [0.1, 0.15) is 37.7 Å². The molecule has 2 rings (SSSR count). The first-order chi connectivity index (χ1) is 9.59. The summed E-state index contributed by atoms with van der Waals surface area (Å²) < 4.78 is 27.1. The van der Waals surface area contributed by atoms with Crippen LogP contribution in [-0.2, 0) is 10.0 Å². The summed E-state index contributed by atoms with van der Waals surface area (Å²) in [4.78, 5) is 0. The van der Waals surface area contributed by atoms with Crippen LogP contribution >= 0.6 is 0 Å². The highest BCUT2D eigenvalue weighted by molar-refractivity contribution is 7.90. The van der Waals surface area contributed by atoms with Crippen LogP contribution in [0.4, 0.5) is 0 Å². The smallest absolute Gasteiger partial charge is 0.215 e. The molecule has 0 bridgehead atoms. The Morgan fingerprint density at radius 3 is 2.75 bits per heavy atom. The fourth-order valence-electron chi connectivity index (χ4n) is 2.57. The van der Waals surface area contributed by atoms with Crippen LogP contribution < -0.4 is 10.0 Å². The number of hydrogen-bond acceptors (Lipinski definition) is 3. The molecule has 0 radical (unpaired) electrons. The molecule has 1 aromatic carbocycles.